The topological polar surface area (TPSA) is 12.0 Å². The highest BCUT2D eigenvalue weighted by Gasteiger charge is 2.29. The van der Waals surface area contributed by atoms with Crippen molar-refractivity contribution < 1.29 is 4.39 Å². The molecule has 0 saturated carbocycles. The second kappa shape index (κ2) is 10.7. The minimum Gasteiger partial charge on any atom is -0.313 e. The van der Waals surface area contributed by atoms with E-state index >= 15 is 0 Å². The number of benzene rings is 3. The van der Waals surface area contributed by atoms with Crippen molar-refractivity contribution in [1.82, 2.24) is 5.32 Å². The zero-order chi connectivity index (χ0) is 19.2. The maximum Gasteiger partial charge on any atom is 0.123 e. The van der Waals surface area contributed by atoms with Crippen LogP contribution in [-0.4, -0.2) is 12.6 Å². The molecule has 0 aromatic heterocycles. The van der Waals surface area contributed by atoms with Gasteiger partial charge in [0.2, 0.25) is 0 Å². The van der Waals surface area contributed by atoms with E-state index in [-0.39, 0.29) is 22.8 Å². The van der Waals surface area contributed by atoms with Gasteiger partial charge in [0.05, 0.1) is 0 Å². The number of nitrogens with one attached hydrogen (secondary N) is 1. The van der Waals surface area contributed by atoms with E-state index in [0.717, 1.165) is 38.6 Å². The molecule has 4 rings (SSSR count). The predicted octanol–water partition coefficient (Wildman–Crippen LogP) is 6.27. The first kappa shape index (κ1) is 21.7. The summed E-state index contributed by atoms with van der Waals surface area (Å²) < 4.78 is 13.3. The molecule has 2 atom stereocenters. The van der Waals surface area contributed by atoms with Gasteiger partial charge in [0, 0.05) is 12.0 Å². The SMILES string of the molecule is Br.Fc1ccc(CC2c3ccccc3CCC2NCCCc2ccccc2)cc1. The van der Waals surface area contributed by atoms with Crippen molar-refractivity contribution in [2.24, 2.45) is 0 Å². The average Bonchev–Trinajstić information content (AvgIpc) is 2.74. The van der Waals surface area contributed by atoms with Crippen LogP contribution < -0.4 is 5.32 Å². The largest absolute Gasteiger partial charge is 0.313 e. The fourth-order valence-electron chi connectivity index (χ4n) is 4.45. The molecule has 29 heavy (non-hydrogen) atoms. The molecule has 1 N–H and O–H groups in total. The van der Waals surface area contributed by atoms with E-state index in [1.807, 2.05) is 12.1 Å². The normalized spacial score (nSPS) is 18.0. The highest BCUT2D eigenvalue weighted by Crippen LogP contribution is 2.34. The van der Waals surface area contributed by atoms with E-state index in [4.69, 9.17) is 0 Å². The lowest BCUT2D eigenvalue weighted by molar-refractivity contribution is 0.382. The maximum atomic E-state index is 13.3. The summed E-state index contributed by atoms with van der Waals surface area (Å²) in [6, 6.07) is 27.0. The third-order valence-electron chi connectivity index (χ3n) is 5.93. The molecule has 152 valence electrons. The summed E-state index contributed by atoms with van der Waals surface area (Å²) in [6.07, 6.45) is 5.50. The van der Waals surface area contributed by atoms with E-state index in [2.05, 4.69) is 59.9 Å². The minimum absolute atomic E-state index is 0. The number of aryl methyl sites for hydroxylation is 2. The second-order valence-electron chi connectivity index (χ2n) is 7.82. The van der Waals surface area contributed by atoms with Gasteiger partial charge >= 0.3 is 0 Å². The molecule has 3 heteroatoms. The molecular weight excluding hydrogens is 425 g/mol. The molecule has 0 fully saturated rings. The Labute approximate surface area is 184 Å². The van der Waals surface area contributed by atoms with Gasteiger partial charge in [-0.15, -0.1) is 17.0 Å². The number of halogens is 2. The standard InChI is InChI=1S/C26H28FN.BrH/c27-23-15-12-21(13-16-23)19-25-24-11-5-4-10-22(24)14-17-26(25)28-18-6-9-20-7-2-1-3-8-20;/h1-5,7-8,10-13,15-16,25-26,28H,6,9,14,17-19H2;1H. The predicted molar refractivity (Wildman–Crippen MR) is 124 cm³/mol. The van der Waals surface area contributed by atoms with Crippen LogP contribution >= 0.6 is 17.0 Å². The highest BCUT2D eigenvalue weighted by molar-refractivity contribution is 8.93. The first-order valence-electron chi connectivity index (χ1n) is 10.4. The van der Waals surface area contributed by atoms with Crippen LogP contribution in [0.3, 0.4) is 0 Å². The Morgan fingerprint density at radius 1 is 0.828 bits per heavy atom. The zero-order valence-corrected chi connectivity index (χ0v) is 18.4. The van der Waals surface area contributed by atoms with Gasteiger partial charge in [-0.05, 0) is 73.0 Å². The molecular formula is C26H29BrFN. The zero-order valence-electron chi connectivity index (χ0n) is 16.7. The van der Waals surface area contributed by atoms with Crippen LogP contribution in [-0.2, 0) is 19.3 Å². The fraction of sp³-hybridized carbons (Fsp3) is 0.308. The van der Waals surface area contributed by atoms with Gasteiger partial charge in [0.25, 0.3) is 0 Å². The van der Waals surface area contributed by atoms with Crippen LogP contribution in [0.4, 0.5) is 4.39 Å². The number of rotatable bonds is 7. The molecule has 3 aromatic rings. The summed E-state index contributed by atoms with van der Waals surface area (Å²) in [5.74, 6) is 0.274. The summed E-state index contributed by atoms with van der Waals surface area (Å²) >= 11 is 0. The summed E-state index contributed by atoms with van der Waals surface area (Å²) in [5, 5.41) is 3.84. The fourth-order valence-corrected chi connectivity index (χ4v) is 4.45. The summed E-state index contributed by atoms with van der Waals surface area (Å²) in [6.45, 7) is 1.03. The molecule has 1 aliphatic carbocycles. The van der Waals surface area contributed by atoms with Crippen molar-refractivity contribution in [3.63, 3.8) is 0 Å². The Bertz CT molecular complexity index is 879. The molecule has 0 bridgehead atoms. The van der Waals surface area contributed by atoms with Crippen molar-refractivity contribution in [3.05, 3.63) is 107 Å². The van der Waals surface area contributed by atoms with Crippen LogP contribution in [0.25, 0.3) is 0 Å². The first-order valence-corrected chi connectivity index (χ1v) is 10.4. The number of hydrogen-bond donors (Lipinski definition) is 1. The number of hydrogen-bond acceptors (Lipinski definition) is 1. The van der Waals surface area contributed by atoms with Gasteiger partial charge < -0.3 is 5.32 Å². The van der Waals surface area contributed by atoms with Gasteiger partial charge in [0.15, 0.2) is 0 Å². The lowest BCUT2D eigenvalue weighted by Gasteiger charge is -2.35. The van der Waals surface area contributed by atoms with Crippen LogP contribution in [0.1, 0.15) is 41.0 Å². The van der Waals surface area contributed by atoms with E-state index < -0.39 is 0 Å². The molecule has 0 spiro atoms. The summed E-state index contributed by atoms with van der Waals surface area (Å²) in [7, 11) is 0. The van der Waals surface area contributed by atoms with E-state index in [9.17, 15) is 4.39 Å². The van der Waals surface area contributed by atoms with Crippen molar-refractivity contribution in [3.8, 4) is 0 Å². The highest BCUT2D eigenvalue weighted by atomic mass is 79.9. The molecule has 0 saturated heterocycles. The third-order valence-corrected chi connectivity index (χ3v) is 5.93. The van der Waals surface area contributed by atoms with Gasteiger partial charge in [-0.2, -0.15) is 0 Å². The van der Waals surface area contributed by atoms with Gasteiger partial charge in [-0.25, -0.2) is 4.39 Å². The lowest BCUT2D eigenvalue weighted by atomic mass is 9.76. The monoisotopic (exact) mass is 453 g/mol. The van der Waals surface area contributed by atoms with Crippen molar-refractivity contribution in [2.45, 2.75) is 44.1 Å². The van der Waals surface area contributed by atoms with E-state index in [0.29, 0.717) is 12.0 Å². The van der Waals surface area contributed by atoms with E-state index in [1.165, 1.54) is 22.3 Å². The molecule has 0 heterocycles. The lowest BCUT2D eigenvalue weighted by Crippen LogP contribution is -2.40. The van der Waals surface area contributed by atoms with Gasteiger partial charge in [0.1, 0.15) is 5.82 Å². The second-order valence-corrected chi connectivity index (χ2v) is 7.82. The first-order chi connectivity index (χ1) is 13.8. The Morgan fingerprint density at radius 3 is 2.34 bits per heavy atom. The van der Waals surface area contributed by atoms with Crippen LogP contribution in [0.15, 0.2) is 78.9 Å². The van der Waals surface area contributed by atoms with Crippen LogP contribution in [0.5, 0.6) is 0 Å². The average molecular weight is 454 g/mol. The van der Waals surface area contributed by atoms with Crippen LogP contribution in [0.2, 0.25) is 0 Å². The minimum atomic E-state index is -0.164. The van der Waals surface area contributed by atoms with Gasteiger partial charge in [-0.3, -0.25) is 0 Å². The summed E-state index contributed by atoms with van der Waals surface area (Å²) in [5.41, 5.74) is 5.54. The van der Waals surface area contributed by atoms with Crippen molar-refractivity contribution in [1.29, 1.82) is 0 Å². The molecule has 2 unspecified atom stereocenters. The Balaban J connectivity index is 0.00000240. The van der Waals surface area contributed by atoms with Crippen molar-refractivity contribution in [2.75, 3.05) is 6.54 Å². The molecule has 1 nitrogen and oxygen atoms in total. The smallest absolute Gasteiger partial charge is 0.123 e. The summed E-state index contributed by atoms with van der Waals surface area (Å²) in [4.78, 5) is 0. The molecule has 0 amide bonds. The Morgan fingerprint density at radius 2 is 1.55 bits per heavy atom. The maximum absolute atomic E-state index is 13.3. The molecule has 1 aliphatic rings. The van der Waals surface area contributed by atoms with Crippen LogP contribution in [0, 0.1) is 5.82 Å². The quantitative estimate of drug-likeness (QED) is 0.415. The Kier molecular flexibility index (Phi) is 8.02. The van der Waals surface area contributed by atoms with Crippen molar-refractivity contribution >= 4 is 17.0 Å². The third kappa shape index (κ3) is 5.77. The Hall–Kier alpha value is -1.97. The molecule has 3 aromatic carbocycles. The number of fused-ring (bicyclic) bond motifs is 1. The van der Waals surface area contributed by atoms with E-state index in [1.54, 1.807) is 12.1 Å². The van der Waals surface area contributed by atoms with Gasteiger partial charge in [-0.1, -0.05) is 66.7 Å². The molecule has 0 radical (unpaired) electrons. The molecule has 0 aliphatic heterocycles.